The number of nitrogens with zero attached hydrogens (tertiary/aromatic N) is 2. The average Bonchev–Trinajstić information content (AvgIpc) is 3.41. The average molecular weight is 449 g/mol. The van der Waals surface area contributed by atoms with Crippen LogP contribution in [0, 0.1) is 5.82 Å². The highest BCUT2D eigenvalue weighted by Crippen LogP contribution is 2.33. The predicted octanol–water partition coefficient (Wildman–Crippen LogP) is 5.75. The van der Waals surface area contributed by atoms with Crippen LogP contribution in [0.15, 0.2) is 47.8 Å². The van der Waals surface area contributed by atoms with Gasteiger partial charge in [0.15, 0.2) is 0 Å². The number of carbonyl (C=O) groups excluding carboxylic acids is 1. The second-order valence-electron chi connectivity index (χ2n) is 7.27. The molecule has 1 saturated heterocycles. The van der Waals surface area contributed by atoms with Crippen molar-refractivity contribution in [2.45, 2.75) is 25.4 Å². The first-order chi connectivity index (χ1) is 14.8. The van der Waals surface area contributed by atoms with E-state index < -0.39 is 23.5 Å². The molecule has 1 fully saturated rings. The third-order valence-electron chi connectivity index (χ3n) is 5.06. The van der Waals surface area contributed by atoms with Gasteiger partial charge in [-0.25, -0.2) is 9.37 Å². The lowest BCUT2D eigenvalue weighted by Gasteiger charge is -2.21. The lowest BCUT2D eigenvalue weighted by Crippen LogP contribution is -2.22. The maximum Gasteiger partial charge on any atom is 0.416 e. The van der Waals surface area contributed by atoms with Gasteiger partial charge in [0.2, 0.25) is 5.91 Å². The first kappa shape index (κ1) is 21.3. The van der Waals surface area contributed by atoms with Gasteiger partial charge >= 0.3 is 6.18 Å². The van der Waals surface area contributed by atoms with Gasteiger partial charge in [0, 0.05) is 24.0 Å². The Labute approximate surface area is 180 Å². The zero-order chi connectivity index (χ0) is 22.0. The Bertz CT molecular complexity index is 1070. The van der Waals surface area contributed by atoms with Crippen molar-refractivity contribution in [3.63, 3.8) is 0 Å². The highest BCUT2D eigenvalue weighted by atomic mass is 32.1. The van der Waals surface area contributed by atoms with Crippen LogP contribution in [0.1, 0.15) is 24.1 Å². The van der Waals surface area contributed by atoms with Crippen molar-refractivity contribution < 1.29 is 22.4 Å². The Balaban J connectivity index is 1.46. The number of halogens is 4. The molecule has 9 heteroatoms. The van der Waals surface area contributed by atoms with Crippen molar-refractivity contribution in [3.8, 4) is 10.6 Å². The fourth-order valence-electron chi connectivity index (χ4n) is 3.53. The van der Waals surface area contributed by atoms with E-state index in [1.807, 2.05) is 4.90 Å². The molecule has 0 bridgehead atoms. The van der Waals surface area contributed by atoms with E-state index in [0.717, 1.165) is 38.1 Å². The number of para-hydroxylation sites is 1. The summed E-state index contributed by atoms with van der Waals surface area (Å²) in [6, 6.07) is 9.43. The molecule has 1 aromatic heterocycles. The van der Waals surface area contributed by atoms with Gasteiger partial charge in [-0.2, -0.15) is 13.2 Å². The van der Waals surface area contributed by atoms with Crippen LogP contribution in [0.3, 0.4) is 0 Å². The monoisotopic (exact) mass is 449 g/mol. The first-order valence-corrected chi connectivity index (χ1v) is 10.6. The van der Waals surface area contributed by atoms with Crippen LogP contribution in [0.4, 0.5) is 28.9 Å². The van der Waals surface area contributed by atoms with Gasteiger partial charge in [-0.1, -0.05) is 18.2 Å². The number of thiazole rings is 1. The fourth-order valence-corrected chi connectivity index (χ4v) is 4.35. The van der Waals surface area contributed by atoms with Gasteiger partial charge in [0.05, 0.1) is 23.4 Å². The number of anilines is 2. The summed E-state index contributed by atoms with van der Waals surface area (Å²) in [6.07, 6.45) is -2.42. The van der Waals surface area contributed by atoms with E-state index in [0.29, 0.717) is 22.0 Å². The minimum Gasteiger partial charge on any atom is -0.370 e. The number of hydrogen-bond donors (Lipinski definition) is 1. The number of carbonyl (C=O) groups is 1. The summed E-state index contributed by atoms with van der Waals surface area (Å²) >= 11 is 1.24. The topological polar surface area (TPSA) is 45.2 Å². The van der Waals surface area contributed by atoms with Crippen LogP contribution in [-0.2, 0) is 17.4 Å². The maximum atomic E-state index is 14.4. The molecular weight excluding hydrogens is 430 g/mol. The van der Waals surface area contributed by atoms with Gasteiger partial charge in [-0.3, -0.25) is 4.79 Å². The summed E-state index contributed by atoms with van der Waals surface area (Å²) in [6.45, 7) is 1.63. The summed E-state index contributed by atoms with van der Waals surface area (Å²) in [5.74, 6) is -0.906. The van der Waals surface area contributed by atoms with Crippen LogP contribution in [0.5, 0.6) is 0 Å². The largest absolute Gasteiger partial charge is 0.416 e. The summed E-state index contributed by atoms with van der Waals surface area (Å²) < 4.78 is 52.6. The van der Waals surface area contributed by atoms with E-state index in [4.69, 9.17) is 0 Å². The minimum atomic E-state index is -4.40. The smallest absolute Gasteiger partial charge is 0.370 e. The molecule has 2 heterocycles. The number of benzene rings is 2. The van der Waals surface area contributed by atoms with Crippen molar-refractivity contribution in [3.05, 3.63) is 64.9 Å². The van der Waals surface area contributed by atoms with Gasteiger partial charge in [-0.15, -0.1) is 11.3 Å². The molecule has 0 radical (unpaired) electrons. The number of rotatable bonds is 5. The lowest BCUT2D eigenvalue weighted by atomic mass is 10.1. The molecule has 1 aliphatic rings. The maximum absolute atomic E-state index is 14.4. The lowest BCUT2D eigenvalue weighted by molar-refractivity contribution is -0.137. The second-order valence-corrected chi connectivity index (χ2v) is 8.13. The van der Waals surface area contributed by atoms with Crippen molar-refractivity contribution in [2.24, 2.45) is 0 Å². The minimum absolute atomic E-state index is 0.0646. The van der Waals surface area contributed by atoms with E-state index >= 15 is 0 Å². The molecule has 1 aliphatic heterocycles. The fraction of sp³-hybridized carbons (Fsp3) is 0.273. The summed E-state index contributed by atoms with van der Waals surface area (Å²) in [4.78, 5) is 18.9. The van der Waals surface area contributed by atoms with E-state index in [1.54, 1.807) is 17.5 Å². The van der Waals surface area contributed by atoms with E-state index in [9.17, 15) is 22.4 Å². The van der Waals surface area contributed by atoms with E-state index in [2.05, 4.69) is 10.3 Å². The van der Waals surface area contributed by atoms with Crippen molar-refractivity contribution >= 4 is 28.6 Å². The summed E-state index contributed by atoms with van der Waals surface area (Å²) in [7, 11) is 0. The Hall–Kier alpha value is -2.94. The van der Waals surface area contributed by atoms with Crippen LogP contribution in [0.2, 0.25) is 0 Å². The van der Waals surface area contributed by atoms with Crippen LogP contribution < -0.4 is 10.2 Å². The van der Waals surface area contributed by atoms with Crippen molar-refractivity contribution in [1.82, 2.24) is 4.98 Å². The van der Waals surface area contributed by atoms with Gasteiger partial charge in [0.25, 0.3) is 0 Å². The molecule has 4 rings (SSSR count). The van der Waals surface area contributed by atoms with E-state index in [-0.39, 0.29) is 12.1 Å². The quantitative estimate of drug-likeness (QED) is 0.505. The molecule has 3 aromatic rings. The van der Waals surface area contributed by atoms with Gasteiger partial charge in [0.1, 0.15) is 16.5 Å². The molecular formula is C22H19F4N3OS. The highest BCUT2D eigenvalue weighted by Gasteiger charge is 2.30. The molecule has 0 unspecified atom stereocenters. The molecule has 0 saturated carbocycles. The number of amides is 1. The Kier molecular flexibility index (Phi) is 5.95. The summed E-state index contributed by atoms with van der Waals surface area (Å²) in [5, 5.41) is 4.85. The third-order valence-corrected chi connectivity index (χ3v) is 6.00. The third kappa shape index (κ3) is 4.87. The highest BCUT2D eigenvalue weighted by molar-refractivity contribution is 7.13. The zero-order valence-electron chi connectivity index (χ0n) is 16.4. The first-order valence-electron chi connectivity index (χ1n) is 9.76. The molecule has 4 nitrogen and oxygen atoms in total. The SMILES string of the molecule is O=C(Cc1csc(-c2ccc(C(F)(F)F)cc2)n1)Nc1c(F)cccc1N1CCCC1. The standard InChI is InChI=1S/C22H19F4N3OS/c23-17-4-3-5-18(29-10-1-2-11-29)20(17)28-19(30)12-16-13-31-21(27-16)14-6-8-15(9-7-14)22(24,25)26/h3-9,13H,1-2,10-12H2,(H,28,30). The molecule has 0 spiro atoms. The van der Waals surface area contributed by atoms with Gasteiger partial charge < -0.3 is 10.2 Å². The Morgan fingerprint density at radius 1 is 1.10 bits per heavy atom. The number of alkyl halides is 3. The Morgan fingerprint density at radius 3 is 2.48 bits per heavy atom. The predicted molar refractivity (Wildman–Crippen MR) is 113 cm³/mol. The molecule has 1 amide bonds. The van der Waals surface area contributed by atoms with Crippen LogP contribution in [0.25, 0.3) is 10.6 Å². The Morgan fingerprint density at radius 2 is 1.81 bits per heavy atom. The molecule has 162 valence electrons. The molecule has 2 aromatic carbocycles. The van der Waals surface area contributed by atoms with Crippen molar-refractivity contribution in [1.29, 1.82) is 0 Å². The molecule has 1 N–H and O–H groups in total. The normalized spacial score (nSPS) is 14.1. The van der Waals surface area contributed by atoms with Crippen LogP contribution in [-0.4, -0.2) is 24.0 Å². The number of nitrogens with one attached hydrogen (secondary N) is 1. The van der Waals surface area contributed by atoms with E-state index in [1.165, 1.54) is 29.5 Å². The number of hydrogen-bond acceptors (Lipinski definition) is 4. The van der Waals surface area contributed by atoms with Crippen molar-refractivity contribution in [2.75, 3.05) is 23.3 Å². The molecule has 0 aliphatic carbocycles. The number of aromatic nitrogens is 1. The molecule has 0 atom stereocenters. The van der Waals surface area contributed by atoms with Crippen LogP contribution >= 0.6 is 11.3 Å². The molecule has 31 heavy (non-hydrogen) atoms. The van der Waals surface area contributed by atoms with Gasteiger partial charge in [-0.05, 0) is 37.1 Å². The zero-order valence-corrected chi connectivity index (χ0v) is 17.2. The summed E-state index contributed by atoms with van der Waals surface area (Å²) in [5.41, 5.74) is 1.10. The second kappa shape index (κ2) is 8.66.